The fourth-order valence-electron chi connectivity index (χ4n) is 5.08. The molecule has 1 aromatic rings. The maximum atomic E-state index is 14.9. The minimum atomic E-state index is -4.99. The van der Waals surface area contributed by atoms with Gasteiger partial charge in [0.05, 0.1) is 36.4 Å². The molecular formula is C30H44F5N3O8S. The first-order valence-electron chi connectivity index (χ1n) is 14.9. The second-order valence-electron chi connectivity index (χ2n) is 13.0. The number of aliphatic hydroxyl groups excluding tert-OH is 1. The van der Waals surface area contributed by atoms with Crippen LogP contribution in [-0.4, -0.2) is 104 Å². The van der Waals surface area contributed by atoms with Crippen LogP contribution in [0.25, 0.3) is 0 Å². The van der Waals surface area contributed by atoms with E-state index in [0.29, 0.717) is 11.3 Å². The van der Waals surface area contributed by atoms with Crippen LogP contribution in [0.5, 0.6) is 5.75 Å². The van der Waals surface area contributed by atoms with Crippen molar-refractivity contribution in [1.29, 1.82) is 0 Å². The van der Waals surface area contributed by atoms with Gasteiger partial charge in [-0.3, -0.25) is 14.4 Å². The Balaban J connectivity index is 2.37. The molecule has 0 spiro atoms. The molecular weight excluding hydrogens is 657 g/mol. The van der Waals surface area contributed by atoms with E-state index in [-0.39, 0.29) is 6.61 Å². The summed E-state index contributed by atoms with van der Waals surface area (Å²) < 4.78 is 105. The van der Waals surface area contributed by atoms with Gasteiger partial charge in [-0.05, 0) is 50.8 Å². The van der Waals surface area contributed by atoms with Crippen molar-refractivity contribution in [2.45, 2.75) is 94.4 Å². The second-order valence-corrected chi connectivity index (χ2v) is 15.3. The number of hydrogen-bond acceptors (Lipinski definition) is 9. The van der Waals surface area contributed by atoms with E-state index in [2.05, 4.69) is 0 Å². The number of benzene rings is 1. The quantitative estimate of drug-likeness (QED) is 0.233. The number of carbonyl (C=O) groups is 3. The Morgan fingerprint density at radius 2 is 1.66 bits per heavy atom. The summed E-state index contributed by atoms with van der Waals surface area (Å²) in [4.78, 5) is 40.1. The third kappa shape index (κ3) is 11.4. The molecule has 1 aliphatic heterocycles. The van der Waals surface area contributed by atoms with Crippen molar-refractivity contribution in [1.82, 2.24) is 10.2 Å². The van der Waals surface area contributed by atoms with E-state index in [0.717, 1.165) is 10.2 Å². The van der Waals surface area contributed by atoms with E-state index in [1.807, 2.05) is 0 Å². The first-order valence-corrected chi connectivity index (χ1v) is 16.6. The average molecular weight is 702 g/mol. The van der Waals surface area contributed by atoms with Crippen LogP contribution in [-0.2, 0) is 34.7 Å². The van der Waals surface area contributed by atoms with Gasteiger partial charge in [0.25, 0.3) is 5.91 Å². The van der Waals surface area contributed by atoms with E-state index in [1.54, 1.807) is 32.9 Å². The SMILES string of the molecule is COc1ccc(CS(=O)(=O)[C@@H]2C[C@@H](C(=O)C[C@@H](C(C)C)[C@@H](O)C(F)(F)C(=O)NCC(F)(F)F)N(C(=O)[C@@H](N)COC(C)(C)C)C2)cc1. The number of alkyl halides is 5. The zero-order chi connectivity index (χ0) is 36.1. The molecule has 11 nitrogen and oxygen atoms in total. The van der Waals surface area contributed by atoms with Gasteiger partial charge in [-0.15, -0.1) is 0 Å². The van der Waals surface area contributed by atoms with E-state index in [4.69, 9.17) is 15.2 Å². The van der Waals surface area contributed by atoms with E-state index in [1.165, 1.54) is 33.1 Å². The number of ether oxygens (including phenoxy) is 2. The highest BCUT2D eigenvalue weighted by Crippen LogP contribution is 2.35. The number of nitrogens with one attached hydrogen (secondary N) is 1. The monoisotopic (exact) mass is 701 g/mol. The molecule has 1 aliphatic rings. The summed E-state index contributed by atoms with van der Waals surface area (Å²) in [6.07, 6.45) is -9.14. The molecule has 268 valence electrons. The minimum Gasteiger partial charge on any atom is -0.497 e. The number of rotatable bonds is 15. The first kappa shape index (κ1) is 40.3. The highest BCUT2D eigenvalue weighted by atomic mass is 32.2. The van der Waals surface area contributed by atoms with Crippen LogP contribution >= 0.6 is 0 Å². The number of likely N-dealkylation sites (tertiary alicyclic amines) is 1. The predicted molar refractivity (Wildman–Crippen MR) is 161 cm³/mol. The van der Waals surface area contributed by atoms with Crippen molar-refractivity contribution < 1.29 is 59.3 Å². The molecule has 17 heteroatoms. The van der Waals surface area contributed by atoms with Crippen LogP contribution in [0.3, 0.4) is 0 Å². The van der Waals surface area contributed by atoms with Crippen molar-refractivity contribution in [3.8, 4) is 5.75 Å². The minimum absolute atomic E-state index is 0.282. The van der Waals surface area contributed by atoms with E-state index < -0.39 is 112 Å². The smallest absolute Gasteiger partial charge is 0.405 e. The van der Waals surface area contributed by atoms with Crippen LogP contribution in [0, 0.1) is 11.8 Å². The molecule has 0 aromatic heterocycles. The maximum Gasteiger partial charge on any atom is 0.405 e. The first-order chi connectivity index (χ1) is 21.4. The molecule has 2 rings (SSSR count). The van der Waals surface area contributed by atoms with Gasteiger partial charge in [0.15, 0.2) is 15.6 Å². The van der Waals surface area contributed by atoms with Crippen LogP contribution in [0.15, 0.2) is 24.3 Å². The Bertz CT molecular complexity index is 1350. The van der Waals surface area contributed by atoms with E-state index >= 15 is 0 Å². The van der Waals surface area contributed by atoms with Crippen molar-refractivity contribution in [3.63, 3.8) is 0 Å². The molecule has 5 atom stereocenters. The lowest BCUT2D eigenvalue weighted by Crippen LogP contribution is -2.54. The molecule has 0 saturated carbocycles. The van der Waals surface area contributed by atoms with E-state index in [9.17, 15) is 49.9 Å². The molecule has 0 radical (unpaired) electrons. The zero-order valence-corrected chi connectivity index (χ0v) is 28.0. The van der Waals surface area contributed by atoms with Gasteiger partial charge in [0, 0.05) is 18.9 Å². The molecule has 0 aliphatic carbocycles. The van der Waals surface area contributed by atoms with Gasteiger partial charge in [0.2, 0.25) is 5.91 Å². The van der Waals surface area contributed by atoms with Gasteiger partial charge in [-0.25, -0.2) is 8.42 Å². The maximum absolute atomic E-state index is 14.9. The third-order valence-corrected chi connectivity index (χ3v) is 9.88. The molecule has 2 amide bonds. The summed E-state index contributed by atoms with van der Waals surface area (Å²) in [6, 6.07) is 3.42. The lowest BCUT2D eigenvalue weighted by Gasteiger charge is -2.33. The topological polar surface area (TPSA) is 165 Å². The van der Waals surface area contributed by atoms with Gasteiger partial charge >= 0.3 is 12.1 Å². The Kier molecular flexibility index (Phi) is 13.3. The summed E-state index contributed by atoms with van der Waals surface area (Å²) in [5.74, 6) is -11.4. The number of sulfone groups is 1. The van der Waals surface area contributed by atoms with Crippen molar-refractivity contribution in [2.75, 3.05) is 26.8 Å². The number of nitrogens with two attached hydrogens (primary N) is 1. The number of Topliss-reactive ketones (excluding diaryl/α,β-unsaturated/α-hetero) is 1. The average Bonchev–Trinajstić information content (AvgIpc) is 3.42. The van der Waals surface area contributed by atoms with Crippen molar-refractivity contribution >= 4 is 27.4 Å². The highest BCUT2D eigenvalue weighted by Gasteiger charge is 2.53. The number of halogens is 5. The number of nitrogens with zero attached hydrogens (tertiary/aromatic N) is 1. The predicted octanol–water partition coefficient (Wildman–Crippen LogP) is 2.63. The summed E-state index contributed by atoms with van der Waals surface area (Å²) in [5.41, 5.74) is 5.78. The second kappa shape index (κ2) is 15.6. The number of hydrogen-bond donors (Lipinski definition) is 3. The number of aliphatic hydroxyl groups is 1. The zero-order valence-electron chi connectivity index (χ0n) is 27.1. The highest BCUT2D eigenvalue weighted by molar-refractivity contribution is 7.91. The summed E-state index contributed by atoms with van der Waals surface area (Å²) in [6.45, 7) is 5.05. The number of amides is 2. The molecule has 4 N–H and O–H groups in total. The molecule has 0 bridgehead atoms. The lowest BCUT2D eigenvalue weighted by atomic mass is 9.81. The van der Waals surface area contributed by atoms with Crippen LogP contribution in [0.4, 0.5) is 22.0 Å². The lowest BCUT2D eigenvalue weighted by molar-refractivity contribution is -0.178. The molecule has 1 saturated heterocycles. The Morgan fingerprint density at radius 3 is 2.15 bits per heavy atom. The molecule has 1 heterocycles. The summed E-state index contributed by atoms with van der Waals surface area (Å²) >= 11 is 0. The van der Waals surface area contributed by atoms with Gasteiger partial charge in [-0.2, -0.15) is 22.0 Å². The Morgan fingerprint density at radius 1 is 1.09 bits per heavy atom. The van der Waals surface area contributed by atoms with Crippen molar-refractivity contribution in [2.24, 2.45) is 17.6 Å². The van der Waals surface area contributed by atoms with Crippen LogP contribution in [0.1, 0.15) is 53.0 Å². The van der Waals surface area contributed by atoms with Gasteiger partial charge in [-0.1, -0.05) is 26.0 Å². The van der Waals surface area contributed by atoms with Crippen molar-refractivity contribution in [3.05, 3.63) is 29.8 Å². The summed E-state index contributed by atoms with van der Waals surface area (Å²) in [5, 5.41) is 10.3. The van der Waals surface area contributed by atoms with Gasteiger partial charge < -0.3 is 30.5 Å². The molecule has 47 heavy (non-hydrogen) atoms. The van der Waals surface area contributed by atoms with Crippen LogP contribution in [0.2, 0.25) is 0 Å². The number of ketones is 1. The number of carbonyl (C=O) groups excluding carboxylic acids is 3. The third-order valence-electron chi connectivity index (χ3n) is 7.79. The van der Waals surface area contributed by atoms with Crippen LogP contribution < -0.4 is 15.8 Å². The molecule has 0 unspecified atom stereocenters. The molecule has 1 fully saturated rings. The number of methoxy groups -OCH3 is 1. The Hall–Kier alpha value is -2.89. The normalized spacial score (nSPS) is 19.7. The van der Waals surface area contributed by atoms with Gasteiger partial charge in [0.1, 0.15) is 24.4 Å². The largest absolute Gasteiger partial charge is 0.497 e. The fourth-order valence-corrected chi connectivity index (χ4v) is 6.84. The standard InChI is InChI=1S/C30H44F5N3O8S/c1-17(2)21(25(40)30(34,35)27(42)37-16-29(31,32)33)12-24(39)23-11-20(13-38(23)26(41)22(36)14-46-28(3,4)5)47(43,44)15-18-7-9-19(45-6)10-8-18/h7-10,17,20-23,25,40H,11-16,36H2,1-6H3,(H,37,42)/t20-,21+,22+,23+,25-/m1/s1. The fraction of sp³-hybridized carbons (Fsp3) is 0.700. The molecule has 1 aromatic carbocycles. The summed E-state index contributed by atoms with van der Waals surface area (Å²) in [7, 11) is -2.57. The Labute approximate surface area is 271 Å².